The molecule has 1 aliphatic rings. The van der Waals surface area contributed by atoms with E-state index in [4.69, 9.17) is 14.3 Å². The molecule has 1 heterocycles. The van der Waals surface area contributed by atoms with Gasteiger partial charge in [-0.2, -0.15) is 0 Å². The summed E-state index contributed by atoms with van der Waals surface area (Å²) >= 11 is 0. The summed E-state index contributed by atoms with van der Waals surface area (Å²) in [7, 11) is 0. The molecule has 0 atom stereocenters. The van der Waals surface area contributed by atoms with Crippen molar-refractivity contribution in [2.24, 2.45) is 5.16 Å². The van der Waals surface area contributed by atoms with E-state index >= 15 is 0 Å². The van der Waals surface area contributed by atoms with Crippen molar-refractivity contribution in [3.8, 4) is 11.5 Å². The van der Waals surface area contributed by atoms with Gasteiger partial charge >= 0.3 is 0 Å². The number of hydrogen-bond acceptors (Lipinski definition) is 6. The molecule has 0 amide bonds. The molecule has 0 unspecified atom stereocenters. The molecule has 2 aromatic rings. The van der Waals surface area contributed by atoms with Gasteiger partial charge in [0, 0.05) is 17.7 Å². The zero-order valence-electron chi connectivity index (χ0n) is 11.5. The Balaban J connectivity index is 1.58. The Kier molecular flexibility index (Phi) is 3.86. The molecule has 3 rings (SSSR count). The molecule has 0 N–H and O–H groups in total. The molecule has 0 aromatic heterocycles. The van der Waals surface area contributed by atoms with E-state index in [0.29, 0.717) is 17.1 Å². The van der Waals surface area contributed by atoms with Gasteiger partial charge in [-0.1, -0.05) is 23.4 Å². The van der Waals surface area contributed by atoms with Crippen LogP contribution in [-0.2, 0) is 11.4 Å². The van der Waals surface area contributed by atoms with E-state index in [1.54, 1.807) is 12.1 Å². The molecule has 0 fully saturated rings. The second-order valence-electron chi connectivity index (χ2n) is 4.55. The minimum absolute atomic E-state index is 0.0136. The molecule has 7 heteroatoms. The number of ether oxygens (including phenoxy) is 2. The van der Waals surface area contributed by atoms with Crippen molar-refractivity contribution in [2.75, 3.05) is 6.79 Å². The third kappa shape index (κ3) is 3.14. The van der Waals surface area contributed by atoms with Crippen molar-refractivity contribution < 1.29 is 19.2 Å². The molecule has 112 valence electrons. The van der Waals surface area contributed by atoms with Crippen LogP contribution in [0.4, 0.5) is 5.69 Å². The van der Waals surface area contributed by atoms with Crippen molar-refractivity contribution in [1.29, 1.82) is 0 Å². The van der Waals surface area contributed by atoms with Crippen molar-refractivity contribution >= 4 is 11.9 Å². The zero-order chi connectivity index (χ0) is 15.4. The lowest BCUT2D eigenvalue weighted by atomic mass is 10.2. The molecule has 0 saturated heterocycles. The van der Waals surface area contributed by atoms with Gasteiger partial charge in [0.2, 0.25) is 6.79 Å². The molecule has 0 bridgehead atoms. The Morgan fingerprint density at radius 1 is 1.23 bits per heavy atom. The Labute approximate surface area is 125 Å². The fraction of sp³-hybridized carbons (Fsp3) is 0.133. The number of nitro groups is 1. The molecule has 1 aliphatic heterocycles. The molecular weight excluding hydrogens is 288 g/mol. The average molecular weight is 300 g/mol. The van der Waals surface area contributed by atoms with Crippen LogP contribution in [0, 0.1) is 10.1 Å². The lowest BCUT2D eigenvalue weighted by molar-refractivity contribution is -0.384. The van der Waals surface area contributed by atoms with E-state index in [1.807, 2.05) is 18.2 Å². The summed E-state index contributed by atoms with van der Waals surface area (Å²) in [6.07, 6.45) is 1.43. The fourth-order valence-electron chi connectivity index (χ4n) is 1.96. The second kappa shape index (κ2) is 6.13. The average Bonchev–Trinajstić information content (AvgIpc) is 2.99. The quantitative estimate of drug-likeness (QED) is 0.481. The van der Waals surface area contributed by atoms with E-state index in [-0.39, 0.29) is 19.1 Å². The van der Waals surface area contributed by atoms with Gasteiger partial charge in [-0.05, 0) is 17.7 Å². The second-order valence-corrected chi connectivity index (χ2v) is 4.55. The number of non-ortho nitro benzene ring substituents is 1. The Bertz CT molecular complexity index is 730. The van der Waals surface area contributed by atoms with Crippen LogP contribution >= 0.6 is 0 Å². The Morgan fingerprint density at radius 3 is 2.95 bits per heavy atom. The van der Waals surface area contributed by atoms with Gasteiger partial charge in [-0.15, -0.1) is 0 Å². The van der Waals surface area contributed by atoms with Crippen molar-refractivity contribution in [2.45, 2.75) is 6.61 Å². The SMILES string of the molecule is O=[N+]([O-])c1cccc(/C=N/OCc2ccc3c(c2)OCO3)c1. The first kappa shape index (κ1) is 13.9. The maximum absolute atomic E-state index is 10.7. The summed E-state index contributed by atoms with van der Waals surface area (Å²) in [4.78, 5) is 15.4. The minimum atomic E-state index is -0.454. The standard InChI is InChI=1S/C15H12N2O5/c18-17(19)13-3-1-2-11(6-13)8-16-22-9-12-4-5-14-15(7-12)21-10-20-14/h1-8H,9-10H2/b16-8+. The van der Waals surface area contributed by atoms with E-state index in [0.717, 1.165) is 5.56 Å². The first-order valence-electron chi connectivity index (χ1n) is 6.51. The molecule has 0 saturated carbocycles. The van der Waals surface area contributed by atoms with Gasteiger partial charge in [0.1, 0.15) is 6.61 Å². The van der Waals surface area contributed by atoms with E-state index in [1.165, 1.54) is 18.3 Å². The number of benzene rings is 2. The van der Waals surface area contributed by atoms with Crippen molar-refractivity contribution in [3.63, 3.8) is 0 Å². The fourth-order valence-corrected chi connectivity index (χ4v) is 1.96. The van der Waals surface area contributed by atoms with Crippen LogP contribution in [0.25, 0.3) is 0 Å². The smallest absolute Gasteiger partial charge is 0.270 e. The third-order valence-electron chi connectivity index (χ3n) is 3.03. The summed E-state index contributed by atoms with van der Waals surface area (Å²) in [5, 5.41) is 14.5. The maximum Gasteiger partial charge on any atom is 0.270 e. The van der Waals surface area contributed by atoms with Crippen LogP contribution < -0.4 is 9.47 Å². The van der Waals surface area contributed by atoms with Crippen LogP contribution in [0.1, 0.15) is 11.1 Å². The van der Waals surface area contributed by atoms with Crippen LogP contribution in [0.3, 0.4) is 0 Å². The first-order valence-corrected chi connectivity index (χ1v) is 6.51. The monoisotopic (exact) mass is 300 g/mol. The molecule has 0 aliphatic carbocycles. The lowest BCUT2D eigenvalue weighted by Crippen LogP contribution is -1.93. The molecular formula is C15H12N2O5. The normalized spacial score (nSPS) is 12.5. The van der Waals surface area contributed by atoms with Crippen LogP contribution in [0.15, 0.2) is 47.6 Å². The van der Waals surface area contributed by atoms with Crippen LogP contribution in [-0.4, -0.2) is 17.9 Å². The number of fused-ring (bicyclic) bond motifs is 1. The van der Waals surface area contributed by atoms with Gasteiger partial charge in [-0.3, -0.25) is 10.1 Å². The van der Waals surface area contributed by atoms with E-state index < -0.39 is 4.92 Å². The topological polar surface area (TPSA) is 83.2 Å². The van der Waals surface area contributed by atoms with Gasteiger partial charge in [0.15, 0.2) is 11.5 Å². The Hall–Kier alpha value is -3.09. The van der Waals surface area contributed by atoms with Gasteiger partial charge in [-0.25, -0.2) is 0 Å². The maximum atomic E-state index is 10.7. The summed E-state index contributed by atoms with van der Waals surface area (Å²) in [6, 6.07) is 11.6. The highest BCUT2D eigenvalue weighted by Crippen LogP contribution is 2.32. The lowest BCUT2D eigenvalue weighted by Gasteiger charge is -2.01. The van der Waals surface area contributed by atoms with Crippen molar-refractivity contribution in [1.82, 2.24) is 0 Å². The van der Waals surface area contributed by atoms with E-state index in [9.17, 15) is 10.1 Å². The third-order valence-corrected chi connectivity index (χ3v) is 3.03. The van der Waals surface area contributed by atoms with E-state index in [2.05, 4.69) is 5.16 Å². The summed E-state index contributed by atoms with van der Waals surface area (Å²) < 4.78 is 10.5. The first-order chi connectivity index (χ1) is 10.7. The number of rotatable bonds is 5. The van der Waals surface area contributed by atoms with Crippen LogP contribution in [0.2, 0.25) is 0 Å². The molecule has 0 spiro atoms. The largest absolute Gasteiger partial charge is 0.454 e. The predicted octanol–water partition coefficient (Wildman–Crippen LogP) is 2.87. The summed E-state index contributed by atoms with van der Waals surface area (Å²) in [5.41, 5.74) is 1.50. The summed E-state index contributed by atoms with van der Waals surface area (Å²) in [5.74, 6) is 1.40. The minimum Gasteiger partial charge on any atom is -0.454 e. The molecule has 2 aromatic carbocycles. The highest BCUT2D eigenvalue weighted by Gasteiger charge is 2.13. The number of oxime groups is 1. The number of hydrogen-bond donors (Lipinski definition) is 0. The Morgan fingerprint density at radius 2 is 2.09 bits per heavy atom. The van der Waals surface area contributed by atoms with Crippen LogP contribution in [0.5, 0.6) is 11.5 Å². The number of nitrogens with zero attached hydrogens (tertiary/aromatic N) is 2. The molecule has 7 nitrogen and oxygen atoms in total. The van der Waals surface area contributed by atoms with Crippen molar-refractivity contribution in [3.05, 3.63) is 63.7 Å². The molecule has 22 heavy (non-hydrogen) atoms. The highest BCUT2D eigenvalue weighted by atomic mass is 16.7. The summed E-state index contributed by atoms with van der Waals surface area (Å²) in [6.45, 7) is 0.493. The predicted molar refractivity (Wildman–Crippen MR) is 78.0 cm³/mol. The molecule has 0 radical (unpaired) electrons. The van der Waals surface area contributed by atoms with Gasteiger partial charge < -0.3 is 14.3 Å². The highest BCUT2D eigenvalue weighted by molar-refractivity contribution is 5.80. The van der Waals surface area contributed by atoms with Gasteiger partial charge in [0.25, 0.3) is 5.69 Å². The zero-order valence-corrected chi connectivity index (χ0v) is 11.5. The van der Waals surface area contributed by atoms with Gasteiger partial charge in [0.05, 0.1) is 11.1 Å². The number of nitro benzene ring substituents is 1.